The molecule has 1 aromatic rings. The van der Waals surface area contributed by atoms with Crippen LogP contribution in [-0.2, 0) is 4.79 Å². The molecule has 0 heterocycles. The minimum absolute atomic E-state index is 0.0518. The summed E-state index contributed by atoms with van der Waals surface area (Å²) in [7, 11) is 0. The van der Waals surface area contributed by atoms with Crippen LogP contribution in [-0.4, -0.2) is 18.4 Å². The number of primary amides is 1. The van der Waals surface area contributed by atoms with Crippen LogP contribution in [0.3, 0.4) is 0 Å². The van der Waals surface area contributed by atoms with E-state index in [1.807, 2.05) is 0 Å². The highest BCUT2D eigenvalue weighted by molar-refractivity contribution is 5.98. The summed E-state index contributed by atoms with van der Waals surface area (Å²) in [6.07, 6.45) is 2.08. The van der Waals surface area contributed by atoms with Crippen molar-refractivity contribution < 1.29 is 9.59 Å². The Morgan fingerprint density at radius 1 is 1.24 bits per heavy atom. The van der Waals surface area contributed by atoms with Gasteiger partial charge in [0.05, 0.1) is 0 Å². The summed E-state index contributed by atoms with van der Waals surface area (Å²) in [4.78, 5) is 23.3. The third-order valence-electron chi connectivity index (χ3n) is 3.72. The number of carbonyl (C=O) groups is 2. The van der Waals surface area contributed by atoms with Crippen LogP contribution in [0.4, 0.5) is 5.69 Å². The average molecular weight is 291 g/mol. The van der Waals surface area contributed by atoms with Gasteiger partial charge in [-0.3, -0.25) is 9.59 Å². The largest absolute Gasteiger partial charge is 0.366 e. The first-order chi connectivity index (χ1) is 9.76. The van der Waals surface area contributed by atoms with Gasteiger partial charge in [-0.25, -0.2) is 0 Å². The van der Waals surface area contributed by atoms with Crippen LogP contribution in [0.1, 0.15) is 49.0 Å². The van der Waals surface area contributed by atoms with Crippen LogP contribution in [0, 0.1) is 12.3 Å². The van der Waals surface area contributed by atoms with Crippen molar-refractivity contribution in [1.82, 2.24) is 0 Å². The molecule has 1 rings (SSSR count). The first-order valence-corrected chi connectivity index (χ1v) is 7.16. The van der Waals surface area contributed by atoms with E-state index < -0.39 is 5.91 Å². The molecule has 0 aliphatic carbocycles. The Bertz CT molecular complexity index is 524. The second-order valence-electron chi connectivity index (χ2n) is 6.09. The van der Waals surface area contributed by atoms with Crippen molar-refractivity contribution in [3.8, 4) is 0 Å². The van der Waals surface area contributed by atoms with Gasteiger partial charge in [-0.05, 0) is 49.4 Å². The lowest BCUT2D eigenvalue weighted by molar-refractivity contribution is -0.116. The molecule has 5 heteroatoms. The number of carbonyl (C=O) groups excluding carboxylic acids is 2. The predicted octanol–water partition coefficient (Wildman–Crippen LogP) is 2.19. The normalized spacial score (nSPS) is 11.2. The fourth-order valence-electron chi connectivity index (χ4n) is 2.22. The van der Waals surface area contributed by atoms with Crippen LogP contribution in [0.2, 0.25) is 0 Å². The molecule has 2 amide bonds. The summed E-state index contributed by atoms with van der Waals surface area (Å²) in [6.45, 7) is 6.60. The van der Waals surface area contributed by atoms with Crippen molar-refractivity contribution >= 4 is 17.5 Å². The fraction of sp³-hybridized carbons (Fsp3) is 0.500. The maximum Gasteiger partial charge on any atom is 0.249 e. The van der Waals surface area contributed by atoms with Gasteiger partial charge in [-0.2, -0.15) is 0 Å². The maximum atomic E-state index is 12.0. The molecule has 1 aromatic carbocycles. The molecule has 116 valence electrons. The topological polar surface area (TPSA) is 98.2 Å². The number of nitrogens with two attached hydrogens (primary N) is 2. The molecule has 0 saturated carbocycles. The van der Waals surface area contributed by atoms with Crippen LogP contribution in [0.15, 0.2) is 18.2 Å². The zero-order valence-electron chi connectivity index (χ0n) is 13.0. The monoisotopic (exact) mass is 291 g/mol. The summed E-state index contributed by atoms with van der Waals surface area (Å²) in [5.41, 5.74) is 12.7. The molecule has 0 radical (unpaired) electrons. The number of amides is 2. The van der Waals surface area contributed by atoms with Crippen molar-refractivity contribution in [3.05, 3.63) is 29.3 Å². The third kappa shape index (κ3) is 5.19. The zero-order chi connectivity index (χ0) is 16.0. The second-order valence-corrected chi connectivity index (χ2v) is 6.09. The average Bonchev–Trinajstić information content (AvgIpc) is 2.38. The Kier molecular flexibility index (Phi) is 5.90. The zero-order valence-corrected chi connectivity index (χ0v) is 13.0. The van der Waals surface area contributed by atoms with Crippen molar-refractivity contribution in [2.45, 2.75) is 40.0 Å². The Morgan fingerprint density at radius 2 is 1.90 bits per heavy atom. The van der Waals surface area contributed by atoms with E-state index in [4.69, 9.17) is 11.5 Å². The molecule has 0 atom stereocenters. The summed E-state index contributed by atoms with van der Waals surface area (Å²) in [6, 6.07) is 5.13. The van der Waals surface area contributed by atoms with E-state index in [9.17, 15) is 9.59 Å². The Labute approximate surface area is 126 Å². The number of nitrogens with one attached hydrogen (secondary N) is 1. The molecule has 0 aliphatic heterocycles. The third-order valence-corrected chi connectivity index (χ3v) is 3.72. The molecule has 0 bridgehead atoms. The smallest absolute Gasteiger partial charge is 0.249 e. The highest BCUT2D eigenvalue weighted by Gasteiger charge is 2.19. The SMILES string of the molecule is Cc1c(NC(=O)CCC(C)(C)CCN)cccc1C(N)=O. The van der Waals surface area contributed by atoms with E-state index in [0.717, 1.165) is 12.8 Å². The first-order valence-electron chi connectivity index (χ1n) is 7.16. The molecule has 0 aliphatic rings. The Morgan fingerprint density at radius 3 is 2.48 bits per heavy atom. The lowest BCUT2D eigenvalue weighted by Crippen LogP contribution is -2.21. The number of rotatable bonds is 7. The van der Waals surface area contributed by atoms with Crippen molar-refractivity contribution in [2.75, 3.05) is 11.9 Å². The maximum absolute atomic E-state index is 12.0. The number of benzene rings is 1. The van der Waals surface area contributed by atoms with Gasteiger partial charge < -0.3 is 16.8 Å². The van der Waals surface area contributed by atoms with E-state index in [1.54, 1.807) is 25.1 Å². The van der Waals surface area contributed by atoms with E-state index in [2.05, 4.69) is 19.2 Å². The van der Waals surface area contributed by atoms with Crippen LogP contribution in [0.25, 0.3) is 0 Å². The molecular weight excluding hydrogens is 266 g/mol. The number of hydrogen-bond donors (Lipinski definition) is 3. The van der Waals surface area contributed by atoms with Gasteiger partial charge in [0.15, 0.2) is 0 Å². The Hall–Kier alpha value is -1.88. The summed E-state index contributed by atoms with van der Waals surface area (Å²) in [5.74, 6) is -0.558. The van der Waals surface area contributed by atoms with Gasteiger partial charge in [-0.15, -0.1) is 0 Å². The molecule has 5 N–H and O–H groups in total. The van der Waals surface area contributed by atoms with Crippen LogP contribution < -0.4 is 16.8 Å². The highest BCUT2D eigenvalue weighted by Crippen LogP contribution is 2.26. The van der Waals surface area contributed by atoms with Gasteiger partial charge in [0.2, 0.25) is 11.8 Å². The first kappa shape index (κ1) is 17.2. The van der Waals surface area contributed by atoms with Crippen LogP contribution in [0.5, 0.6) is 0 Å². The van der Waals surface area contributed by atoms with E-state index in [-0.39, 0.29) is 11.3 Å². The fourth-order valence-corrected chi connectivity index (χ4v) is 2.22. The molecule has 0 saturated heterocycles. The molecule has 0 fully saturated rings. The molecule has 0 aromatic heterocycles. The summed E-state index contributed by atoms with van der Waals surface area (Å²) in [5, 5.41) is 2.84. The molecule has 21 heavy (non-hydrogen) atoms. The highest BCUT2D eigenvalue weighted by atomic mass is 16.2. The Balaban J connectivity index is 2.68. The van der Waals surface area contributed by atoms with Crippen molar-refractivity contribution in [2.24, 2.45) is 16.9 Å². The molecular formula is C16H25N3O2. The lowest BCUT2D eigenvalue weighted by atomic mass is 9.84. The standard InChI is InChI=1S/C16H25N3O2/c1-11-12(15(18)21)5-4-6-13(11)19-14(20)7-8-16(2,3)9-10-17/h4-6H,7-10,17H2,1-3H3,(H2,18,21)(H,19,20). The quantitative estimate of drug-likeness (QED) is 0.718. The van der Waals surface area contributed by atoms with Gasteiger partial charge in [0.25, 0.3) is 0 Å². The van der Waals surface area contributed by atoms with E-state index >= 15 is 0 Å². The van der Waals surface area contributed by atoms with Crippen molar-refractivity contribution in [1.29, 1.82) is 0 Å². The van der Waals surface area contributed by atoms with Crippen LogP contribution >= 0.6 is 0 Å². The minimum Gasteiger partial charge on any atom is -0.366 e. The summed E-state index contributed by atoms with van der Waals surface area (Å²) < 4.78 is 0. The van der Waals surface area contributed by atoms with Gasteiger partial charge in [0, 0.05) is 17.7 Å². The van der Waals surface area contributed by atoms with Gasteiger partial charge in [0.1, 0.15) is 0 Å². The number of hydrogen-bond acceptors (Lipinski definition) is 3. The van der Waals surface area contributed by atoms with Crippen molar-refractivity contribution in [3.63, 3.8) is 0 Å². The predicted molar refractivity (Wildman–Crippen MR) is 85.0 cm³/mol. The van der Waals surface area contributed by atoms with Gasteiger partial charge in [-0.1, -0.05) is 19.9 Å². The number of anilines is 1. The van der Waals surface area contributed by atoms with E-state index in [0.29, 0.717) is 29.8 Å². The van der Waals surface area contributed by atoms with E-state index in [1.165, 1.54) is 0 Å². The second kappa shape index (κ2) is 7.22. The molecule has 5 nitrogen and oxygen atoms in total. The minimum atomic E-state index is -0.493. The van der Waals surface area contributed by atoms with Gasteiger partial charge >= 0.3 is 0 Å². The lowest BCUT2D eigenvalue weighted by Gasteiger charge is -2.23. The summed E-state index contributed by atoms with van der Waals surface area (Å²) >= 11 is 0. The molecule has 0 unspecified atom stereocenters. The molecule has 0 spiro atoms.